The Labute approximate surface area is 123 Å². The van der Waals surface area contributed by atoms with E-state index in [1.54, 1.807) is 6.20 Å². The van der Waals surface area contributed by atoms with Gasteiger partial charge >= 0.3 is 0 Å². The van der Waals surface area contributed by atoms with Gasteiger partial charge in [-0.15, -0.1) is 11.3 Å². The van der Waals surface area contributed by atoms with Crippen molar-refractivity contribution in [3.63, 3.8) is 0 Å². The van der Waals surface area contributed by atoms with Gasteiger partial charge in [0.25, 0.3) is 5.91 Å². The largest absolute Gasteiger partial charge is 0.379 e. The molecule has 0 aliphatic carbocycles. The summed E-state index contributed by atoms with van der Waals surface area (Å²) in [5, 5.41) is 0.949. The third-order valence-corrected chi connectivity index (χ3v) is 5.22. The van der Waals surface area contributed by atoms with E-state index >= 15 is 0 Å². The Morgan fingerprint density at radius 1 is 1.40 bits per heavy atom. The molecule has 2 atom stereocenters. The van der Waals surface area contributed by atoms with E-state index in [1.807, 2.05) is 11.8 Å². The standard InChI is InChI=1S/C14H21N3O2S/c1-10-12(16-5-7-19-8-6-16)3-4-17(10)14(18)13-9-15-11(2)20-13/h9-10,12H,3-8H2,1-2H3/t10-,12-/m1/s1. The lowest BCUT2D eigenvalue weighted by Crippen LogP contribution is -2.49. The highest BCUT2D eigenvalue weighted by Crippen LogP contribution is 2.26. The number of carbonyl (C=O) groups is 1. The summed E-state index contributed by atoms with van der Waals surface area (Å²) in [5.41, 5.74) is 0. The predicted octanol–water partition coefficient (Wildman–Crippen LogP) is 1.39. The van der Waals surface area contributed by atoms with Crippen LogP contribution in [-0.2, 0) is 4.74 Å². The zero-order valence-electron chi connectivity index (χ0n) is 12.0. The Balaban J connectivity index is 1.68. The molecule has 5 nitrogen and oxygen atoms in total. The normalized spacial score (nSPS) is 28.0. The molecule has 2 aliphatic rings. The Morgan fingerprint density at radius 3 is 2.80 bits per heavy atom. The lowest BCUT2D eigenvalue weighted by Gasteiger charge is -2.35. The molecule has 0 bridgehead atoms. The molecule has 0 unspecified atom stereocenters. The van der Waals surface area contributed by atoms with Crippen LogP contribution in [0.15, 0.2) is 6.20 Å². The van der Waals surface area contributed by atoms with Crippen molar-refractivity contribution in [2.24, 2.45) is 0 Å². The Bertz CT molecular complexity index is 485. The molecule has 2 aliphatic heterocycles. The summed E-state index contributed by atoms with van der Waals surface area (Å²) in [5.74, 6) is 0.138. The van der Waals surface area contributed by atoms with Crippen molar-refractivity contribution in [1.29, 1.82) is 0 Å². The van der Waals surface area contributed by atoms with Crippen LogP contribution in [0.25, 0.3) is 0 Å². The summed E-state index contributed by atoms with van der Waals surface area (Å²) in [7, 11) is 0. The van der Waals surface area contributed by atoms with Gasteiger partial charge in [-0.05, 0) is 20.3 Å². The van der Waals surface area contributed by atoms with Gasteiger partial charge < -0.3 is 9.64 Å². The number of carbonyl (C=O) groups excluding carboxylic acids is 1. The molecule has 110 valence electrons. The molecule has 3 rings (SSSR count). The number of morpholine rings is 1. The summed E-state index contributed by atoms with van der Waals surface area (Å²) in [6.45, 7) is 8.53. The predicted molar refractivity (Wildman–Crippen MR) is 78.1 cm³/mol. The van der Waals surface area contributed by atoms with Gasteiger partial charge in [-0.1, -0.05) is 0 Å². The number of nitrogens with zero attached hydrogens (tertiary/aromatic N) is 3. The minimum Gasteiger partial charge on any atom is -0.379 e. The minimum atomic E-state index is 0.138. The molecular weight excluding hydrogens is 274 g/mol. The van der Waals surface area contributed by atoms with Crippen molar-refractivity contribution in [2.45, 2.75) is 32.4 Å². The van der Waals surface area contributed by atoms with E-state index in [9.17, 15) is 4.79 Å². The highest BCUT2D eigenvalue weighted by Gasteiger charge is 2.38. The van der Waals surface area contributed by atoms with Gasteiger partial charge in [0.15, 0.2) is 0 Å². The molecule has 1 amide bonds. The van der Waals surface area contributed by atoms with Crippen molar-refractivity contribution in [1.82, 2.24) is 14.8 Å². The molecule has 0 N–H and O–H groups in total. The smallest absolute Gasteiger partial charge is 0.265 e. The summed E-state index contributed by atoms with van der Waals surface area (Å²) in [4.78, 5) is 22.0. The van der Waals surface area contributed by atoms with Crippen LogP contribution in [0.4, 0.5) is 0 Å². The maximum Gasteiger partial charge on any atom is 0.265 e. The van der Waals surface area contributed by atoms with Gasteiger partial charge in [-0.3, -0.25) is 9.69 Å². The summed E-state index contributed by atoms with van der Waals surface area (Å²) in [6, 6.07) is 0.736. The lowest BCUT2D eigenvalue weighted by atomic mass is 10.1. The maximum absolute atomic E-state index is 12.6. The first-order valence-electron chi connectivity index (χ1n) is 7.22. The van der Waals surface area contributed by atoms with Gasteiger partial charge in [0, 0.05) is 31.7 Å². The molecular formula is C14H21N3O2S. The zero-order valence-corrected chi connectivity index (χ0v) is 12.9. The van der Waals surface area contributed by atoms with Crippen LogP contribution in [0.1, 0.15) is 28.0 Å². The molecule has 1 aromatic rings. The van der Waals surface area contributed by atoms with Crippen LogP contribution in [0, 0.1) is 6.92 Å². The number of likely N-dealkylation sites (tertiary alicyclic amines) is 1. The molecule has 3 heterocycles. The quantitative estimate of drug-likeness (QED) is 0.827. The van der Waals surface area contributed by atoms with Crippen LogP contribution in [0.2, 0.25) is 0 Å². The van der Waals surface area contributed by atoms with E-state index in [2.05, 4.69) is 16.8 Å². The first-order chi connectivity index (χ1) is 9.66. The number of amides is 1. The topological polar surface area (TPSA) is 45.7 Å². The average Bonchev–Trinajstić information content (AvgIpc) is 3.05. The second-order valence-electron chi connectivity index (χ2n) is 5.49. The molecule has 2 saturated heterocycles. The van der Waals surface area contributed by atoms with Gasteiger partial charge in [-0.25, -0.2) is 4.98 Å². The van der Waals surface area contributed by atoms with Crippen molar-refractivity contribution < 1.29 is 9.53 Å². The van der Waals surface area contributed by atoms with Gasteiger partial charge in [0.1, 0.15) is 4.88 Å². The number of aromatic nitrogens is 1. The lowest BCUT2D eigenvalue weighted by molar-refractivity contribution is 0.0105. The Kier molecular flexibility index (Phi) is 4.05. The van der Waals surface area contributed by atoms with E-state index in [4.69, 9.17) is 4.74 Å². The first-order valence-corrected chi connectivity index (χ1v) is 8.03. The molecule has 0 aromatic carbocycles. The van der Waals surface area contributed by atoms with Crippen molar-refractivity contribution >= 4 is 17.2 Å². The van der Waals surface area contributed by atoms with E-state index in [1.165, 1.54) is 11.3 Å². The van der Waals surface area contributed by atoms with Gasteiger partial charge in [0.05, 0.1) is 24.4 Å². The third kappa shape index (κ3) is 2.60. The maximum atomic E-state index is 12.6. The zero-order chi connectivity index (χ0) is 14.1. The second kappa shape index (κ2) is 5.79. The number of hydrogen-bond acceptors (Lipinski definition) is 5. The number of ether oxygens (including phenoxy) is 1. The first kappa shape index (κ1) is 14.0. The molecule has 20 heavy (non-hydrogen) atoms. The van der Waals surface area contributed by atoms with E-state index in [0.717, 1.165) is 49.2 Å². The highest BCUT2D eigenvalue weighted by atomic mass is 32.1. The number of thiazole rings is 1. The summed E-state index contributed by atoms with van der Waals surface area (Å²) in [6.07, 6.45) is 2.77. The Hall–Kier alpha value is -0.980. The van der Waals surface area contributed by atoms with Gasteiger partial charge in [0.2, 0.25) is 0 Å². The minimum absolute atomic E-state index is 0.138. The fourth-order valence-corrected chi connectivity index (χ4v) is 3.94. The summed E-state index contributed by atoms with van der Waals surface area (Å²) < 4.78 is 5.41. The third-order valence-electron chi connectivity index (χ3n) is 4.32. The number of aryl methyl sites for hydroxylation is 1. The van der Waals surface area contributed by atoms with Crippen LogP contribution < -0.4 is 0 Å². The summed E-state index contributed by atoms with van der Waals surface area (Å²) >= 11 is 1.49. The van der Waals surface area contributed by atoms with Crippen LogP contribution >= 0.6 is 11.3 Å². The van der Waals surface area contributed by atoms with Crippen molar-refractivity contribution in [3.8, 4) is 0 Å². The monoisotopic (exact) mass is 295 g/mol. The van der Waals surface area contributed by atoms with Crippen molar-refractivity contribution in [2.75, 3.05) is 32.8 Å². The fraction of sp³-hybridized carbons (Fsp3) is 0.714. The van der Waals surface area contributed by atoms with Crippen LogP contribution in [-0.4, -0.2) is 65.6 Å². The second-order valence-corrected chi connectivity index (χ2v) is 6.72. The van der Waals surface area contributed by atoms with Crippen molar-refractivity contribution in [3.05, 3.63) is 16.1 Å². The highest BCUT2D eigenvalue weighted by molar-refractivity contribution is 7.13. The van der Waals surface area contributed by atoms with Crippen LogP contribution in [0.3, 0.4) is 0 Å². The molecule has 0 spiro atoms. The molecule has 1 aromatic heterocycles. The number of hydrogen-bond donors (Lipinski definition) is 0. The van der Waals surface area contributed by atoms with E-state index in [0.29, 0.717) is 6.04 Å². The van der Waals surface area contributed by atoms with Crippen LogP contribution in [0.5, 0.6) is 0 Å². The fourth-order valence-electron chi connectivity index (χ4n) is 3.21. The van der Waals surface area contributed by atoms with E-state index in [-0.39, 0.29) is 11.9 Å². The molecule has 2 fully saturated rings. The molecule has 0 radical (unpaired) electrons. The van der Waals surface area contributed by atoms with Gasteiger partial charge in [-0.2, -0.15) is 0 Å². The molecule has 6 heteroatoms. The Morgan fingerprint density at radius 2 is 2.15 bits per heavy atom. The number of rotatable bonds is 2. The van der Waals surface area contributed by atoms with E-state index < -0.39 is 0 Å². The molecule has 0 saturated carbocycles. The SMILES string of the molecule is Cc1ncc(C(=O)N2CC[C@@H](N3CCOCC3)[C@H]2C)s1. The average molecular weight is 295 g/mol.